The standard InChI is InChI=1S/C20H30O2/c1-13(2)15-10-14-6-7-18-19(3,12-21)8-5-9-20(18,4)16(14)11-17(15)22/h10-11,13,18,21-22H,5-9,12H2,1-4H3/t18-,19-,20+/m0/s1. The van der Waals surface area contributed by atoms with Crippen molar-refractivity contribution >= 4 is 0 Å². The second kappa shape index (κ2) is 5.26. The van der Waals surface area contributed by atoms with Crippen molar-refractivity contribution in [2.24, 2.45) is 11.3 Å². The summed E-state index contributed by atoms with van der Waals surface area (Å²) < 4.78 is 0. The first kappa shape index (κ1) is 15.9. The van der Waals surface area contributed by atoms with Gasteiger partial charge in [-0.05, 0) is 71.1 Å². The molecule has 2 nitrogen and oxygen atoms in total. The first-order valence-electron chi connectivity index (χ1n) is 8.79. The molecule has 2 heteroatoms. The monoisotopic (exact) mass is 302 g/mol. The van der Waals surface area contributed by atoms with Crippen molar-refractivity contribution in [3.05, 3.63) is 28.8 Å². The molecular weight excluding hydrogens is 272 g/mol. The summed E-state index contributed by atoms with van der Waals surface area (Å²) in [6.07, 6.45) is 5.68. The maximum Gasteiger partial charge on any atom is 0.119 e. The number of fused-ring (bicyclic) bond motifs is 3. The number of aliphatic hydroxyl groups excluding tert-OH is 1. The molecule has 0 bridgehead atoms. The van der Waals surface area contributed by atoms with Crippen LogP contribution in [-0.2, 0) is 11.8 Å². The van der Waals surface area contributed by atoms with Crippen molar-refractivity contribution in [3.8, 4) is 5.75 Å². The number of rotatable bonds is 2. The molecule has 0 radical (unpaired) electrons. The van der Waals surface area contributed by atoms with Gasteiger partial charge in [0.25, 0.3) is 0 Å². The quantitative estimate of drug-likeness (QED) is 0.843. The smallest absolute Gasteiger partial charge is 0.119 e. The second-order valence-electron chi connectivity index (χ2n) is 8.40. The number of hydrogen-bond donors (Lipinski definition) is 2. The summed E-state index contributed by atoms with van der Waals surface area (Å²) in [4.78, 5) is 0. The van der Waals surface area contributed by atoms with Gasteiger partial charge in [-0.25, -0.2) is 0 Å². The zero-order valence-electron chi connectivity index (χ0n) is 14.4. The Kier molecular flexibility index (Phi) is 3.79. The van der Waals surface area contributed by atoms with Gasteiger partial charge >= 0.3 is 0 Å². The first-order valence-corrected chi connectivity index (χ1v) is 8.79. The third kappa shape index (κ3) is 2.19. The highest BCUT2D eigenvalue weighted by atomic mass is 16.3. The summed E-state index contributed by atoms with van der Waals surface area (Å²) >= 11 is 0. The van der Waals surface area contributed by atoms with E-state index >= 15 is 0 Å². The summed E-state index contributed by atoms with van der Waals surface area (Å²) in [5.74, 6) is 1.31. The molecule has 2 aliphatic rings. The first-order chi connectivity index (χ1) is 10.3. The normalized spacial score (nSPS) is 34.4. The Morgan fingerprint density at radius 3 is 2.59 bits per heavy atom. The molecule has 0 aromatic heterocycles. The predicted octanol–water partition coefficient (Wildman–Crippen LogP) is 4.52. The molecule has 0 spiro atoms. The Morgan fingerprint density at radius 1 is 1.23 bits per heavy atom. The fourth-order valence-corrected chi connectivity index (χ4v) is 5.31. The molecule has 1 fully saturated rings. The summed E-state index contributed by atoms with van der Waals surface area (Å²) in [5.41, 5.74) is 3.95. The molecule has 0 saturated heterocycles. The molecule has 2 N–H and O–H groups in total. The molecule has 122 valence electrons. The van der Waals surface area contributed by atoms with Crippen LogP contribution in [0, 0.1) is 11.3 Å². The fraction of sp³-hybridized carbons (Fsp3) is 0.700. The number of aryl methyl sites for hydroxylation is 1. The Hall–Kier alpha value is -1.02. The third-order valence-corrected chi connectivity index (χ3v) is 6.61. The number of aliphatic hydroxyl groups is 1. The highest BCUT2D eigenvalue weighted by Crippen LogP contribution is 2.57. The molecular formula is C20H30O2. The van der Waals surface area contributed by atoms with Crippen LogP contribution in [0.5, 0.6) is 5.75 Å². The lowest BCUT2D eigenvalue weighted by atomic mass is 9.50. The van der Waals surface area contributed by atoms with Crippen molar-refractivity contribution in [3.63, 3.8) is 0 Å². The highest BCUT2D eigenvalue weighted by molar-refractivity contribution is 5.48. The van der Waals surface area contributed by atoms with Gasteiger partial charge < -0.3 is 10.2 Å². The predicted molar refractivity (Wildman–Crippen MR) is 90.4 cm³/mol. The fourth-order valence-electron chi connectivity index (χ4n) is 5.31. The lowest BCUT2D eigenvalue weighted by Crippen LogP contribution is -2.50. The van der Waals surface area contributed by atoms with Crippen LogP contribution in [0.1, 0.15) is 76.0 Å². The Labute approximate surface area is 134 Å². The second-order valence-corrected chi connectivity index (χ2v) is 8.40. The van der Waals surface area contributed by atoms with Crippen molar-refractivity contribution in [1.82, 2.24) is 0 Å². The summed E-state index contributed by atoms with van der Waals surface area (Å²) in [6.45, 7) is 9.16. The molecule has 3 atom stereocenters. The van der Waals surface area contributed by atoms with E-state index in [1.165, 1.54) is 17.5 Å². The average Bonchev–Trinajstić information content (AvgIpc) is 2.47. The number of phenolic OH excluding ortho intramolecular Hbond substituents is 1. The minimum atomic E-state index is 0.0248. The van der Waals surface area contributed by atoms with Crippen LogP contribution in [0.15, 0.2) is 12.1 Å². The van der Waals surface area contributed by atoms with Gasteiger partial charge in [0.1, 0.15) is 5.75 Å². The van der Waals surface area contributed by atoms with Gasteiger partial charge in [-0.15, -0.1) is 0 Å². The summed E-state index contributed by atoms with van der Waals surface area (Å²) in [6, 6.07) is 4.28. The maximum absolute atomic E-state index is 10.5. The van der Waals surface area contributed by atoms with E-state index in [0.717, 1.165) is 31.2 Å². The van der Waals surface area contributed by atoms with Gasteiger partial charge in [-0.3, -0.25) is 0 Å². The van der Waals surface area contributed by atoms with E-state index in [1.807, 2.05) is 6.07 Å². The molecule has 22 heavy (non-hydrogen) atoms. The van der Waals surface area contributed by atoms with Gasteiger partial charge in [0.05, 0.1) is 0 Å². The SMILES string of the molecule is CC(C)c1cc2c(cc1O)[C@@]1(C)CCC[C@@](C)(CO)[C@@H]1CC2. The van der Waals surface area contributed by atoms with Gasteiger partial charge in [0.15, 0.2) is 0 Å². The molecule has 3 rings (SSSR count). The number of phenols is 1. The van der Waals surface area contributed by atoms with Gasteiger partial charge in [-0.2, -0.15) is 0 Å². The molecule has 1 aromatic carbocycles. The van der Waals surface area contributed by atoms with E-state index in [9.17, 15) is 10.2 Å². The minimum absolute atomic E-state index is 0.0248. The summed E-state index contributed by atoms with van der Waals surface area (Å²) in [7, 11) is 0. The Balaban J connectivity index is 2.11. The van der Waals surface area contributed by atoms with Gasteiger partial charge in [0.2, 0.25) is 0 Å². The molecule has 0 aliphatic heterocycles. The molecule has 2 aliphatic carbocycles. The molecule has 1 aromatic rings. The molecule has 1 saturated carbocycles. The van der Waals surface area contributed by atoms with E-state index in [-0.39, 0.29) is 17.4 Å². The van der Waals surface area contributed by atoms with Crippen molar-refractivity contribution < 1.29 is 10.2 Å². The lowest BCUT2D eigenvalue weighted by molar-refractivity contribution is -0.0179. The largest absolute Gasteiger partial charge is 0.508 e. The van der Waals surface area contributed by atoms with Crippen LogP contribution in [0.25, 0.3) is 0 Å². The Bertz CT molecular complexity index is 577. The molecule has 0 amide bonds. The molecule has 0 unspecified atom stereocenters. The van der Waals surface area contributed by atoms with E-state index in [4.69, 9.17) is 0 Å². The highest BCUT2D eigenvalue weighted by Gasteiger charge is 2.51. The third-order valence-electron chi connectivity index (χ3n) is 6.61. The van der Waals surface area contributed by atoms with Gasteiger partial charge in [-0.1, -0.05) is 40.2 Å². The van der Waals surface area contributed by atoms with E-state index < -0.39 is 0 Å². The number of aromatic hydroxyl groups is 1. The van der Waals surface area contributed by atoms with Gasteiger partial charge in [0, 0.05) is 6.61 Å². The van der Waals surface area contributed by atoms with Crippen molar-refractivity contribution in [2.45, 2.75) is 71.1 Å². The molecule has 0 heterocycles. The topological polar surface area (TPSA) is 40.5 Å². The number of benzene rings is 1. The van der Waals surface area contributed by atoms with E-state index in [2.05, 4.69) is 33.8 Å². The van der Waals surface area contributed by atoms with Crippen LogP contribution >= 0.6 is 0 Å². The Morgan fingerprint density at radius 2 is 1.95 bits per heavy atom. The van der Waals surface area contributed by atoms with Crippen LogP contribution in [0.3, 0.4) is 0 Å². The van der Waals surface area contributed by atoms with Crippen molar-refractivity contribution in [1.29, 1.82) is 0 Å². The zero-order valence-corrected chi connectivity index (χ0v) is 14.4. The van der Waals surface area contributed by atoms with E-state index in [1.54, 1.807) is 0 Å². The average molecular weight is 302 g/mol. The maximum atomic E-state index is 10.5. The van der Waals surface area contributed by atoms with Crippen LogP contribution < -0.4 is 0 Å². The zero-order chi connectivity index (χ0) is 16.1. The lowest BCUT2D eigenvalue weighted by Gasteiger charge is -2.55. The van der Waals surface area contributed by atoms with Crippen LogP contribution in [0.4, 0.5) is 0 Å². The van der Waals surface area contributed by atoms with Crippen LogP contribution in [0.2, 0.25) is 0 Å². The number of hydrogen-bond acceptors (Lipinski definition) is 2. The van der Waals surface area contributed by atoms with Crippen molar-refractivity contribution in [2.75, 3.05) is 6.61 Å². The van der Waals surface area contributed by atoms with E-state index in [0.29, 0.717) is 17.6 Å². The summed E-state index contributed by atoms with van der Waals surface area (Å²) in [5, 5.41) is 20.5. The minimum Gasteiger partial charge on any atom is -0.508 e. The van der Waals surface area contributed by atoms with Crippen LogP contribution in [-0.4, -0.2) is 16.8 Å².